The molecule has 4 heterocycles. The summed E-state index contributed by atoms with van der Waals surface area (Å²) in [6.07, 6.45) is -21.9. The van der Waals surface area contributed by atoms with Crippen LogP contribution in [0.15, 0.2) is 11.6 Å². The minimum absolute atomic E-state index is 0.0458. The highest BCUT2D eigenvalue weighted by molar-refractivity contribution is 5.82. The molecule has 0 unspecified atom stereocenters. The van der Waals surface area contributed by atoms with Crippen LogP contribution in [0, 0.1) is 40.4 Å². The van der Waals surface area contributed by atoms with E-state index in [1.807, 2.05) is 20.8 Å². The van der Waals surface area contributed by atoms with Crippen molar-refractivity contribution in [2.45, 2.75) is 221 Å². The summed E-state index contributed by atoms with van der Waals surface area (Å²) in [4.78, 5) is 14.1. The van der Waals surface area contributed by atoms with Gasteiger partial charge in [0.15, 0.2) is 25.2 Å². The first-order valence-corrected chi connectivity index (χ1v) is 25.6. The second-order valence-corrected chi connectivity index (χ2v) is 22.7. The predicted molar refractivity (Wildman–Crippen MR) is 241 cm³/mol. The van der Waals surface area contributed by atoms with E-state index < -0.39 is 153 Å². The van der Waals surface area contributed by atoms with E-state index in [-0.39, 0.29) is 54.5 Å². The summed E-state index contributed by atoms with van der Waals surface area (Å²) >= 11 is 0. The number of carbonyl (C=O) groups is 1. The van der Waals surface area contributed by atoms with Gasteiger partial charge in [-0.05, 0) is 80.5 Å². The van der Waals surface area contributed by atoms with E-state index in [1.165, 1.54) is 0 Å². The van der Waals surface area contributed by atoms with E-state index >= 15 is 0 Å². The highest BCUT2D eigenvalue weighted by atomic mass is 16.7. The highest BCUT2D eigenvalue weighted by Gasteiger charge is 2.70. The molecule has 0 aromatic carbocycles. The van der Waals surface area contributed by atoms with E-state index in [0.29, 0.717) is 44.9 Å². The number of hydrogen-bond donors (Lipinski definition) is 13. The lowest BCUT2D eigenvalue weighted by atomic mass is 9.46. The number of allylic oxidation sites excluding steroid dienone is 1. The van der Waals surface area contributed by atoms with Gasteiger partial charge in [-0.3, -0.25) is 4.79 Å². The molecule has 7 fully saturated rings. The average molecular weight is 1020 g/mol. The number of hydrogen-bond acceptors (Lipinski definition) is 22. The van der Waals surface area contributed by atoms with Crippen LogP contribution in [0.4, 0.5) is 0 Å². The molecule has 22 nitrogen and oxygen atoms in total. The summed E-state index contributed by atoms with van der Waals surface area (Å²) in [7, 11) is 0. The Kier molecular flexibility index (Phi) is 17.2. The van der Waals surface area contributed by atoms with Gasteiger partial charge in [0.1, 0.15) is 96.8 Å². The lowest BCUT2D eigenvalue weighted by Gasteiger charge is -2.59. The van der Waals surface area contributed by atoms with E-state index in [2.05, 4.69) is 13.0 Å². The lowest BCUT2D eigenvalue weighted by molar-refractivity contribution is -0.344. The van der Waals surface area contributed by atoms with Gasteiger partial charge in [-0.2, -0.15) is 0 Å². The maximum absolute atomic E-state index is 14.1. The number of aliphatic hydroxyl groups is 13. The molecular formula is C49H80O22. The fourth-order valence-corrected chi connectivity index (χ4v) is 13.6. The van der Waals surface area contributed by atoms with Crippen LogP contribution in [-0.4, -0.2) is 227 Å². The first-order chi connectivity index (χ1) is 33.5. The summed E-state index contributed by atoms with van der Waals surface area (Å²) < 4.78 is 47.1. The van der Waals surface area contributed by atoms with Gasteiger partial charge in [0.25, 0.3) is 0 Å². The highest BCUT2D eigenvalue weighted by Crippen LogP contribution is 2.69. The number of carbonyl (C=O) groups excluding carboxylic acids is 1. The molecular weight excluding hydrogens is 941 g/mol. The van der Waals surface area contributed by atoms with Gasteiger partial charge in [-0.1, -0.05) is 46.3 Å². The van der Waals surface area contributed by atoms with Gasteiger partial charge in [0.2, 0.25) is 0 Å². The minimum Gasteiger partial charge on any atom is -0.394 e. The summed E-state index contributed by atoms with van der Waals surface area (Å²) in [5.41, 5.74) is -1.70. The molecule has 0 bridgehead atoms. The molecule has 0 aromatic rings. The molecule has 13 N–H and O–H groups in total. The molecule has 0 amide bonds. The molecule has 0 radical (unpaired) electrons. The van der Waals surface area contributed by atoms with Gasteiger partial charge < -0.3 is 104 Å². The lowest BCUT2D eigenvalue weighted by Crippen LogP contribution is -2.63. The van der Waals surface area contributed by atoms with Crippen molar-refractivity contribution in [1.82, 2.24) is 0 Å². The summed E-state index contributed by atoms with van der Waals surface area (Å²) in [6, 6.07) is 0. The third kappa shape index (κ3) is 10.2. The van der Waals surface area contributed by atoms with Crippen LogP contribution < -0.4 is 0 Å². The van der Waals surface area contributed by atoms with Crippen LogP contribution >= 0.6 is 0 Å². The monoisotopic (exact) mass is 1020 g/mol. The Labute approximate surface area is 413 Å². The van der Waals surface area contributed by atoms with E-state index in [0.717, 1.165) is 12.0 Å². The zero-order valence-electron chi connectivity index (χ0n) is 41.2. The number of aliphatic hydroxyl groups excluding tert-OH is 12. The number of ketones is 1. The van der Waals surface area contributed by atoms with Crippen LogP contribution in [0.5, 0.6) is 0 Å². The molecule has 8 aliphatic rings. The van der Waals surface area contributed by atoms with Gasteiger partial charge in [0.05, 0.1) is 38.6 Å². The smallest absolute Gasteiger partial charge is 0.186 e. The summed E-state index contributed by atoms with van der Waals surface area (Å²) in [6.45, 7) is 8.20. The molecule has 4 saturated heterocycles. The van der Waals surface area contributed by atoms with Crippen LogP contribution in [0.25, 0.3) is 0 Å². The zero-order valence-corrected chi connectivity index (χ0v) is 41.2. The molecule has 408 valence electrons. The first-order valence-electron chi connectivity index (χ1n) is 25.6. The normalized spacial score (nSPS) is 51.8. The Morgan fingerprint density at radius 3 is 2.00 bits per heavy atom. The molecule has 0 aromatic heterocycles. The number of rotatable bonds is 15. The first kappa shape index (κ1) is 55.8. The van der Waals surface area contributed by atoms with Crippen LogP contribution in [0.1, 0.15) is 92.4 Å². The standard InChI is InChI=1S/C49H80O22/c1-20(2)6-9-27(51)21(3)49(63)32(70-45-41(62)42(29(53)18-65-45)71-44-38(59)33(54)28(52)17-64-44)15-26-24-8-7-22-14-23(10-12-47(22,4)25(24)11-13-48(26,49)5)67-46-40(61)37(58)35(56)31(69-46)19-66-43-39(60)36(57)34(55)30(16-50)68-43/h7,20-21,23-26,28-46,50,52-63H,6,8-19H2,1-5H3/t21-,23+,24-,25+,26+,28-,29+,30-,31-,32+,33+,34-,35-,36+,37+,38-,39-,40-,41-,42+,43-,44+,45+,46-,47+,48+,49-/m1/s1. The zero-order chi connectivity index (χ0) is 51.6. The second kappa shape index (κ2) is 21.9. The molecule has 4 aliphatic heterocycles. The quantitative estimate of drug-likeness (QED) is 0.0739. The van der Waals surface area contributed by atoms with E-state index in [1.54, 1.807) is 6.92 Å². The molecule has 0 spiro atoms. The largest absolute Gasteiger partial charge is 0.394 e. The van der Waals surface area contributed by atoms with Gasteiger partial charge >= 0.3 is 0 Å². The Hall–Kier alpha value is -1.43. The van der Waals surface area contributed by atoms with Crippen LogP contribution in [-0.2, 0) is 42.7 Å². The number of fused-ring (bicyclic) bond motifs is 5. The summed E-state index contributed by atoms with van der Waals surface area (Å²) in [5.74, 6) is -0.697. The van der Waals surface area contributed by atoms with Gasteiger partial charge in [-0.15, -0.1) is 0 Å². The number of ether oxygens (including phenoxy) is 8. The van der Waals surface area contributed by atoms with E-state index in [4.69, 9.17) is 37.9 Å². The van der Waals surface area contributed by atoms with Crippen molar-refractivity contribution >= 4 is 5.78 Å². The van der Waals surface area contributed by atoms with Gasteiger partial charge in [0, 0.05) is 17.8 Å². The molecule has 4 aliphatic carbocycles. The number of Topliss-reactive ketones (excluding diaryl/α,β-unsaturated/α-hetero) is 1. The van der Waals surface area contributed by atoms with Crippen molar-refractivity contribution in [2.24, 2.45) is 40.4 Å². The van der Waals surface area contributed by atoms with Gasteiger partial charge in [-0.25, -0.2) is 0 Å². The molecule has 27 atom stereocenters. The molecule has 8 rings (SSSR count). The fourth-order valence-electron chi connectivity index (χ4n) is 13.6. The Bertz CT molecular complexity index is 1840. The third-order valence-electron chi connectivity index (χ3n) is 18.2. The SMILES string of the molecule is CC(C)CCC(=O)[C@@H](C)[C@@]1(O)[C@@H](O[C@@H]2OC[C@H](O)[C@H](O[C@@H]3OC[C@@H](O)[C@H](O)[C@H]3O)[C@H]2O)C[C@H]2[C@@H]3CC=C4C[C@@H](O[C@@H]5O[C@H](CO[C@@H]6O[C@H](CO)[C@@H](O)[C@H](O)[C@H]6O)[C@@H](O)[C@H](O)[C@H]5O)CC[C@]4(C)[C@H]3CC[C@@]21C. The second-order valence-electron chi connectivity index (χ2n) is 22.7. The van der Waals surface area contributed by atoms with Crippen LogP contribution in [0.2, 0.25) is 0 Å². The van der Waals surface area contributed by atoms with Crippen molar-refractivity contribution < 1.29 is 109 Å². The average Bonchev–Trinajstić information content (AvgIpc) is 3.57. The van der Waals surface area contributed by atoms with Crippen molar-refractivity contribution in [3.05, 3.63) is 11.6 Å². The van der Waals surface area contributed by atoms with Crippen molar-refractivity contribution in [3.8, 4) is 0 Å². The minimum atomic E-state index is -1.72. The van der Waals surface area contributed by atoms with Crippen molar-refractivity contribution in [3.63, 3.8) is 0 Å². The third-order valence-corrected chi connectivity index (χ3v) is 18.2. The maximum atomic E-state index is 14.1. The Balaban J connectivity index is 0.971. The topological polar surface area (TPSA) is 354 Å². The maximum Gasteiger partial charge on any atom is 0.186 e. The Morgan fingerprint density at radius 1 is 0.704 bits per heavy atom. The molecule has 71 heavy (non-hydrogen) atoms. The fraction of sp³-hybridized carbons (Fsp3) is 0.939. The van der Waals surface area contributed by atoms with Crippen molar-refractivity contribution in [2.75, 3.05) is 26.4 Å². The predicted octanol–water partition coefficient (Wildman–Crippen LogP) is -2.77. The Morgan fingerprint density at radius 2 is 1.32 bits per heavy atom. The van der Waals surface area contributed by atoms with E-state index in [9.17, 15) is 71.2 Å². The summed E-state index contributed by atoms with van der Waals surface area (Å²) in [5, 5.41) is 140. The van der Waals surface area contributed by atoms with Crippen LogP contribution in [0.3, 0.4) is 0 Å². The molecule has 22 heteroatoms. The molecule has 3 saturated carbocycles. The van der Waals surface area contributed by atoms with Crippen molar-refractivity contribution in [1.29, 1.82) is 0 Å².